The van der Waals surface area contributed by atoms with Gasteiger partial charge in [0, 0.05) is 36.7 Å². The fourth-order valence-corrected chi connectivity index (χ4v) is 4.99. The van der Waals surface area contributed by atoms with Gasteiger partial charge in [0.1, 0.15) is 13.2 Å². The van der Waals surface area contributed by atoms with E-state index in [9.17, 15) is 9.90 Å². The Bertz CT molecular complexity index is 1220. The lowest BCUT2D eigenvalue weighted by atomic mass is 10.00. The first kappa shape index (κ1) is 23.7. The Balaban J connectivity index is 1.46. The summed E-state index contributed by atoms with van der Waals surface area (Å²) < 4.78 is 18.9. The van der Waals surface area contributed by atoms with E-state index < -0.39 is 0 Å². The van der Waals surface area contributed by atoms with Crippen LogP contribution in [0.1, 0.15) is 44.1 Å². The molecule has 0 amide bonds. The van der Waals surface area contributed by atoms with Crippen molar-refractivity contribution in [1.82, 2.24) is 30.1 Å². The number of benzene rings is 1. The number of rotatable bonds is 9. The van der Waals surface area contributed by atoms with Gasteiger partial charge in [-0.3, -0.25) is 9.69 Å². The first-order valence-corrected chi connectivity index (χ1v) is 12.2. The fraction of sp³-hybridized carbons (Fsp3) is 0.583. The molecular weight excluding hydrogens is 452 g/mol. The van der Waals surface area contributed by atoms with Gasteiger partial charge in [-0.25, -0.2) is 4.68 Å². The summed E-state index contributed by atoms with van der Waals surface area (Å²) in [5.74, 6) is 2.14. The number of nitrogens with one attached hydrogen (secondary N) is 1. The average molecular weight is 485 g/mol. The van der Waals surface area contributed by atoms with Crippen LogP contribution in [0, 0.1) is 5.92 Å². The Morgan fingerprint density at radius 2 is 2.00 bits per heavy atom. The summed E-state index contributed by atoms with van der Waals surface area (Å²) in [6.45, 7) is 7.16. The Hall–Kier alpha value is -3.02. The number of pyridine rings is 1. The van der Waals surface area contributed by atoms with Crippen LogP contribution in [0.5, 0.6) is 11.5 Å². The summed E-state index contributed by atoms with van der Waals surface area (Å²) in [4.78, 5) is 18.1. The molecule has 0 spiro atoms. The molecule has 0 radical (unpaired) electrons. The number of aliphatic hydroxyl groups is 1. The molecule has 11 nitrogen and oxygen atoms in total. The fourth-order valence-electron chi connectivity index (χ4n) is 4.99. The van der Waals surface area contributed by atoms with Gasteiger partial charge in [-0.2, -0.15) is 0 Å². The smallest absolute Gasteiger partial charge is 0.252 e. The van der Waals surface area contributed by atoms with E-state index in [1.165, 1.54) is 0 Å². The highest BCUT2D eigenvalue weighted by atomic mass is 16.6. The monoisotopic (exact) mass is 484 g/mol. The number of hydrogen-bond acceptors (Lipinski definition) is 9. The maximum absolute atomic E-state index is 13.0. The van der Waals surface area contributed by atoms with Gasteiger partial charge in [-0.1, -0.05) is 13.8 Å². The molecule has 11 heteroatoms. The molecule has 35 heavy (non-hydrogen) atoms. The number of tetrazole rings is 1. The van der Waals surface area contributed by atoms with Gasteiger partial charge in [0.15, 0.2) is 17.3 Å². The molecule has 1 fully saturated rings. The minimum atomic E-state index is -0.200. The number of H-pyrrole nitrogens is 1. The predicted molar refractivity (Wildman–Crippen MR) is 127 cm³/mol. The van der Waals surface area contributed by atoms with Crippen molar-refractivity contribution in [2.75, 3.05) is 33.0 Å². The van der Waals surface area contributed by atoms with Crippen molar-refractivity contribution in [3.05, 3.63) is 39.9 Å². The van der Waals surface area contributed by atoms with Gasteiger partial charge in [0.05, 0.1) is 30.8 Å². The molecule has 0 aliphatic carbocycles. The minimum Gasteiger partial charge on any atom is -0.486 e. The number of aliphatic hydroxyl groups excluding tert-OH is 1. The van der Waals surface area contributed by atoms with Gasteiger partial charge in [-0.05, 0) is 41.3 Å². The second-order valence-corrected chi connectivity index (χ2v) is 9.44. The van der Waals surface area contributed by atoms with Crippen LogP contribution in [0.25, 0.3) is 10.9 Å². The maximum Gasteiger partial charge on any atom is 0.252 e. The lowest BCUT2D eigenvalue weighted by molar-refractivity contribution is 0.0819. The van der Waals surface area contributed by atoms with Crippen molar-refractivity contribution in [2.24, 2.45) is 5.92 Å². The summed E-state index contributed by atoms with van der Waals surface area (Å²) in [6, 6.07) is 5.37. The highest BCUT2D eigenvalue weighted by Gasteiger charge is 2.31. The third-order valence-corrected chi connectivity index (χ3v) is 6.59. The second kappa shape index (κ2) is 10.3. The molecule has 2 aliphatic heterocycles. The predicted octanol–water partition coefficient (Wildman–Crippen LogP) is 1.66. The molecule has 2 aliphatic rings. The molecule has 2 aromatic heterocycles. The van der Waals surface area contributed by atoms with Gasteiger partial charge < -0.3 is 24.3 Å². The molecule has 4 heterocycles. The summed E-state index contributed by atoms with van der Waals surface area (Å²) in [6.07, 6.45) is 2.12. The van der Waals surface area contributed by atoms with Crippen LogP contribution in [0.2, 0.25) is 0 Å². The molecule has 0 saturated carbocycles. The van der Waals surface area contributed by atoms with Gasteiger partial charge in [-0.15, -0.1) is 5.10 Å². The molecule has 1 saturated heterocycles. The highest BCUT2D eigenvalue weighted by molar-refractivity contribution is 5.83. The molecule has 2 N–H and O–H groups in total. The van der Waals surface area contributed by atoms with E-state index in [1.807, 2.05) is 12.1 Å². The standard InChI is InChI=1S/C24H32N6O5/c1-15(2)22(23-26-27-28-30(23)14-18-4-3-7-33-18)29(5-6-31)13-17-10-16-11-20-21(35-9-8-34-20)12-19(16)25-24(17)32/h10-12,15,18,22,31H,3-9,13-14H2,1-2H3,(H,25,32). The summed E-state index contributed by atoms with van der Waals surface area (Å²) in [5, 5.41) is 23.3. The molecule has 3 aromatic rings. The summed E-state index contributed by atoms with van der Waals surface area (Å²) in [7, 11) is 0. The van der Waals surface area contributed by atoms with Gasteiger partial charge >= 0.3 is 0 Å². The Kier molecular flexibility index (Phi) is 6.98. The Labute approximate surface area is 203 Å². The van der Waals surface area contributed by atoms with E-state index in [4.69, 9.17) is 14.2 Å². The average Bonchev–Trinajstić information content (AvgIpc) is 3.51. The quantitative estimate of drug-likeness (QED) is 0.466. The zero-order chi connectivity index (χ0) is 24.4. The van der Waals surface area contributed by atoms with E-state index >= 15 is 0 Å². The van der Waals surface area contributed by atoms with Crippen LogP contribution in [0.15, 0.2) is 23.0 Å². The molecule has 188 valence electrons. The van der Waals surface area contributed by atoms with Crippen molar-refractivity contribution in [3.8, 4) is 11.5 Å². The molecule has 0 bridgehead atoms. The molecule has 1 aromatic carbocycles. The number of nitrogens with zero attached hydrogens (tertiary/aromatic N) is 5. The Morgan fingerprint density at radius 3 is 2.71 bits per heavy atom. The first-order chi connectivity index (χ1) is 17.0. The van der Waals surface area contributed by atoms with Crippen molar-refractivity contribution in [1.29, 1.82) is 0 Å². The van der Waals surface area contributed by atoms with Crippen LogP contribution >= 0.6 is 0 Å². The lowest BCUT2D eigenvalue weighted by Crippen LogP contribution is -2.37. The summed E-state index contributed by atoms with van der Waals surface area (Å²) in [5.41, 5.74) is 1.10. The summed E-state index contributed by atoms with van der Waals surface area (Å²) >= 11 is 0. The van der Waals surface area contributed by atoms with Gasteiger partial charge in [0.25, 0.3) is 5.56 Å². The lowest BCUT2D eigenvalue weighted by Gasteiger charge is -2.33. The van der Waals surface area contributed by atoms with E-state index in [1.54, 1.807) is 10.7 Å². The number of aromatic nitrogens is 5. The van der Waals surface area contributed by atoms with Crippen LogP contribution in [0.4, 0.5) is 0 Å². The normalized spacial score (nSPS) is 18.6. The molecule has 5 rings (SSSR count). The van der Waals surface area contributed by atoms with E-state index in [-0.39, 0.29) is 30.2 Å². The van der Waals surface area contributed by atoms with Crippen LogP contribution in [0.3, 0.4) is 0 Å². The first-order valence-electron chi connectivity index (χ1n) is 12.2. The number of ether oxygens (including phenoxy) is 3. The number of hydrogen-bond donors (Lipinski definition) is 2. The minimum absolute atomic E-state index is 0.0549. The van der Waals surface area contributed by atoms with Crippen molar-refractivity contribution in [2.45, 2.75) is 51.9 Å². The molecule has 2 atom stereocenters. The largest absolute Gasteiger partial charge is 0.486 e. The zero-order valence-corrected chi connectivity index (χ0v) is 20.1. The van der Waals surface area contributed by atoms with Crippen molar-refractivity contribution < 1.29 is 19.3 Å². The van der Waals surface area contributed by atoms with Crippen molar-refractivity contribution in [3.63, 3.8) is 0 Å². The van der Waals surface area contributed by atoms with Crippen molar-refractivity contribution >= 4 is 10.9 Å². The van der Waals surface area contributed by atoms with Crippen LogP contribution < -0.4 is 15.0 Å². The third-order valence-electron chi connectivity index (χ3n) is 6.59. The Morgan fingerprint density at radius 1 is 1.20 bits per heavy atom. The second-order valence-electron chi connectivity index (χ2n) is 9.44. The maximum atomic E-state index is 13.0. The van der Waals surface area contributed by atoms with E-state index in [0.29, 0.717) is 61.3 Å². The molecular formula is C24H32N6O5. The highest BCUT2D eigenvalue weighted by Crippen LogP contribution is 2.34. The number of fused-ring (bicyclic) bond motifs is 2. The molecule has 2 unspecified atom stereocenters. The topological polar surface area (TPSA) is 128 Å². The van der Waals surface area contributed by atoms with E-state index in [2.05, 4.69) is 39.3 Å². The third kappa shape index (κ3) is 5.02. The number of aromatic amines is 1. The SMILES string of the molecule is CC(C)C(c1nnnn1CC1CCCO1)N(CCO)Cc1cc2cc3c(cc2[nH]c1=O)OCCO3. The van der Waals surface area contributed by atoms with E-state index in [0.717, 1.165) is 24.8 Å². The van der Waals surface area contributed by atoms with Gasteiger partial charge in [0.2, 0.25) is 0 Å². The van der Waals surface area contributed by atoms with Crippen LogP contribution in [-0.4, -0.2) is 74.3 Å². The van der Waals surface area contributed by atoms with Crippen LogP contribution in [-0.2, 0) is 17.8 Å². The zero-order valence-electron chi connectivity index (χ0n) is 20.1.